The van der Waals surface area contributed by atoms with Gasteiger partial charge in [0.2, 0.25) is 0 Å². The zero-order valence-electron chi connectivity index (χ0n) is 13.7. The average Bonchev–Trinajstić information content (AvgIpc) is 2.75. The van der Waals surface area contributed by atoms with Gasteiger partial charge in [0.05, 0.1) is 6.26 Å². The number of aromatic nitrogens is 1. The summed E-state index contributed by atoms with van der Waals surface area (Å²) >= 11 is 0. The van der Waals surface area contributed by atoms with Crippen molar-refractivity contribution in [3.05, 3.63) is 35.0 Å². The number of aliphatic imine (C=N–C) groups is 1. The highest BCUT2D eigenvalue weighted by atomic mass is 32.2. The van der Waals surface area contributed by atoms with Gasteiger partial charge in [0.25, 0.3) is 16.0 Å². The molecule has 0 radical (unpaired) electrons. The van der Waals surface area contributed by atoms with Crippen LogP contribution in [0.1, 0.15) is 32.8 Å². The van der Waals surface area contributed by atoms with Gasteiger partial charge in [-0.3, -0.25) is 14.1 Å². The summed E-state index contributed by atoms with van der Waals surface area (Å²) < 4.78 is 27.6. The number of ketones is 1. The molecule has 134 valence electrons. The zero-order valence-corrected chi connectivity index (χ0v) is 14.5. The van der Waals surface area contributed by atoms with Gasteiger partial charge in [-0.25, -0.2) is 0 Å². The second-order valence-corrected chi connectivity index (χ2v) is 7.05. The van der Waals surface area contributed by atoms with Crippen molar-refractivity contribution in [3.63, 3.8) is 0 Å². The Balaban J connectivity index is 0.000000399. The van der Waals surface area contributed by atoms with Crippen LogP contribution in [0.25, 0.3) is 10.9 Å². The van der Waals surface area contributed by atoms with Gasteiger partial charge in [0, 0.05) is 29.9 Å². The van der Waals surface area contributed by atoms with Crippen molar-refractivity contribution < 1.29 is 22.6 Å². The summed E-state index contributed by atoms with van der Waals surface area (Å²) in [5.74, 6) is -0.631. The number of nitrogens with two attached hydrogens (primary N) is 2. The summed E-state index contributed by atoms with van der Waals surface area (Å²) in [7, 11) is -1.89. The van der Waals surface area contributed by atoms with Gasteiger partial charge in [-0.1, -0.05) is 12.1 Å². The molecule has 25 heavy (non-hydrogen) atoms. The first-order chi connectivity index (χ1) is 11.5. The first-order valence-electron chi connectivity index (χ1n) is 7.20. The van der Waals surface area contributed by atoms with E-state index in [1.807, 2.05) is 12.1 Å². The molecule has 10 heteroatoms. The lowest BCUT2D eigenvalue weighted by molar-refractivity contribution is 0.0971. The number of Topliss-reactive ketones (excluding diaryl/α,β-unsaturated/α-hetero) is 1. The van der Waals surface area contributed by atoms with Crippen molar-refractivity contribution in [1.29, 1.82) is 0 Å². The maximum absolute atomic E-state index is 12.2. The van der Waals surface area contributed by atoms with E-state index >= 15 is 0 Å². The largest absolute Gasteiger partial charge is 0.370 e. The highest BCUT2D eigenvalue weighted by Gasteiger charge is 2.28. The molecule has 0 saturated carbocycles. The van der Waals surface area contributed by atoms with E-state index in [9.17, 15) is 18.0 Å². The van der Waals surface area contributed by atoms with Crippen LogP contribution >= 0.6 is 0 Å². The van der Waals surface area contributed by atoms with E-state index in [0.29, 0.717) is 30.4 Å². The fourth-order valence-corrected chi connectivity index (χ4v) is 2.87. The monoisotopic (exact) mass is 366 g/mol. The number of amides is 1. The first kappa shape index (κ1) is 18.6. The Bertz CT molecular complexity index is 993. The van der Waals surface area contributed by atoms with E-state index in [1.165, 1.54) is 0 Å². The van der Waals surface area contributed by atoms with E-state index in [2.05, 4.69) is 4.99 Å². The summed E-state index contributed by atoms with van der Waals surface area (Å²) in [4.78, 5) is 27.8. The number of benzene rings is 1. The Labute approximate surface area is 144 Å². The molecule has 0 unspecified atom stereocenters. The molecule has 0 fully saturated rings. The summed E-state index contributed by atoms with van der Waals surface area (Å²) in [6.45, 7) is 0. The Morgan fingerprint density at radius 3 is 2.44 bits per heavy atom. The lowest BCUT2D eigenvalue weighted by Crippen LogP contribution is -2.25. The minimum atomic E-state index is -3.67. The maximum atomic E-state index is 12.2. The van der Waals surface area contributed by atoms with Gasteiger partial charge < -0.3 is 16.0 Å². The van der Waals surface area contributed by atoms with Gasteiger partial charge in [0.1, 0.15) is 5.69 Å². The summed E-state index contributed by atoms with van der Waals surface area (Å²) in [5.41, 5.74) is 13.4. The SMILES string of the molecule is CS(=O)(=O)O.Cn1c(C(=O)N=C(N)N)c2c3c(cccc31)C(=O)CC2. The van der Waals surface area contributed by atoms with Crippen LogP contribution in [0, 0.1) is 0 Å². The summed E-state index contributed by atoms with van der Waals surface area (Å²) in [6, 6.07) is 5.49. The number of nitrogens with zero attached hydrogens (tertiary/aromatic N) is 2. The Morgan fingerprint density at radius 1 is 1.28 bits per heavy atom. The van der Waals surface area contributed by atoms with Crippen LogP contribution in [0.5, 0.6) is 0 Å². The molecule has 9 nitrogen and oxygen atoms in total. The molecule has 0 bridgehead atoms. The molecule has 3 rings (SSSR count). The molecule has 0 atom stereocenters. The van der Waals surface area contributed by atoms with E-state index < -0.39 is 16.0 Å². The molecule has 5 N–H and O–H groups in total. The van der Waals surface area contributed by atoms with E-state index in [0.717, 1.165) is 16.5 Å². The third-order valence-corrected chi connectivity index (χ3v) is 3.66. The van der Waals surface area contributed by atoms with E-state index in [4.69, 9.17) is 16.0 Å². The molecule has 1 aromatic heterocycles. The van der Waals surface area contributed by atoms with Crippen LogP contribution < -0.4 is 11.5 Å². The van der Waals surface area contributed by atoms with Crippen LogP contribution in [0.2, 0.25) is 0 Å². The average molecular weight is 366 g/mol. The van der Waals surface area contributed by atoms with Gasteiger partial charge >= 0.3 is 0 Å². The molecule has 0 aliphatic heterocycles. The minimum Gasteiger partial charge on any atom is -0.370 e. The number of guanidine groups is 1. The Kier molecular flexibility index (Phi) is 4.95. The fourth-order valence-electron chi connectivity index (χ4n) is 2.87. The predicted octanol–water partition coefficient (Wildman–Crippen LogP) is 0.225. The molecule has 1 aromatic carbocycles. The number of carbonyl (C=O) groups excluding carboxylic acids is 2. The van der Waals surface area contributed by atoms with Crippen LogP contribution in [0.15, 0.2) is 23.2 Å². The van der Waals surface area contributed by atoms with Gasteiger partial charge in [0.15, 0.2) is 11.7 Å². The number of hydrogen-bond acceptors (Lipinski definition) is 4. The fraction of sp³-hybridized carbons (Fsp3) is 0.267. The van der Waals surface area contributed by atoms with E-state index in [-0.39, 0.29) is 11.7 Å². The molecular formula is C15H18N4O5S. The third-order valence-electron chi connectivity index (χ3n) is 3.66. The predicted molar refractivity (Wildman–Crippen MR) is 93.2 cm³/mol. The standard InChI is InChI=1S/C14H14N4O2.CH4O3S/c1-18-9-4-2-3-7-10(19)6-5-8(11(7)9)12(18)13(20)17-14(15)16;1-5(2,3)4/h2-4H,5-6H2,1H3,(H4,15,16,17,20);1H3,(H,2,3,4). The molecule has 0 spiro atoms. The third kappa shape index (κ3) is 4.03. The Hall–Kier alpha value is -2.72. The quantitative estimate of drug-likeness (QED) is 0.370. The first-order valence-corrected chi connectivity index (χ1v) is 9.05. The maximum Gasteiger partial charge on any atom is 0.297 e. The molecule has 2 aromatic rings. The second-order valence-electron chi connectivity index (χ2n) is 5.58. The highest BCUT2D eigenvalue weighted by molar-refractivity contribution is 7.85. The van der Waals surface area contributed by atoms with E-state index in [1.54, 1.807) is 17.7 Å². The number of carbonyl (C=O) groups is 2. The van der Waals surface area contributed by atoms with Gasteiger partial charge in [-0.05, 0) is 18.1 Å². The Morgan fingerprint density at radius 2 is 1.88 bits per heavy atom. The molecule has 1 heterocycles. The van der Waals surface area contributed by atoms with Crippen LogP contribution in [-0.4, -0.2) is 41.4 Å². The van der Waals surface area contributed by atoms with Gasteiger partial charge in [-0.15, -0.1) is 0 Å². The number of aryl methyl sites for hydroxylation is 2. The van der Waals surface area contributed by atoms with Crippen LogP contribution in [0.3, 0.4) is 0 Å². The highest BCUT2D eigenvalue weighted by Crippen LogP contribution is 2.34. The molecular weight excluding hydrogens is 348 g/mol. The van der Waals surface area contributed by atoms with Crippen molar-refractivity contribution in [2.75, 3.05) is 6.26 Å². The molecule has 1 aliphatic carbocycles. The lowest BCUT2D eigenvalue weighted by Gasteiger charge is -2.11. The summed E-state index contributed by atoms with van der Waals surface area (Å²) in [5, 5.41) is 0.848. The van der Waals surface area contributed by atoms with Gasteiger partial charge in [-0.2, -0.15) is 13.4 Å². The van der Waals surface area contributed by atoms with Crippen molar-refractivity contribution >= 4 is 38.7 Å². The molecule has 1 amide bonds. The number of rotatable bonds is 1. The second kappa shape index (κ2) is 6.65. The minimum absolute atomic E-state index is 0.106. The number of hydrogen-bond donors (Lipinski definition) is 3. The van der Waals surface area contributed by atoms with Crippen molar-refractivity contribution in [2.24, 2.45) is 23.5 Å². The van der Waals surface area contributed by atoms with Crippen molar-refractivity contribution in [3.8, 4) is 0 Å². The zero-order chi connectivity index (χ0) is 18.9. The smallest absolute Gasteiger partial charge is 0.297 e. The van der Waals surface area contributed by atoms with Crippen LogP contribution in [-0.2, 0) is 23.6 Å². The van der Waals surface area contributed by atoms with Crippen molar-refractivity contribution in [1.82, 2.24) is 4.57 Å². The summed E-state index contributed by atoms with van der Waals surface area (Å²) in [6.07, 6.45) is 1.65. The van der Waals surface area contributed by atoms with Crippen LogP contribution in [0.4, 0.5) is 0 Å². The lowest BCUT2D eigenvalue weighted by atomic mass is 9.90. The molecule has 1 aliphatic rings. The van der Waals surface area contributed by atoms with Crippen molar-refractivity contribution in [2.45, 2.75) is 12.8 Å². The normalized spacial score (nSPS) is 13.2. The topological polar surface area (TPSA) is 158 Å². The molecule has 0 saturated heterocycles.